The van der Waals surface area contributed by atoms with E-state index in [1.54, 1.807) is 13.0 Å². The van der Waals surface area contributed by atoms with Crippen molar-refractivity contribution in [1.82, 2.24) is 0 Å². The summed E-state index contributed by atoms with van der Waals surface area (Å²) in [5.41, 5.74) is -0.241. The standard InChI is InChI=1S/C21H30O6/c1-5-8-9-10-11-26-20(24)18-17(19(23)25-7-3)15-13-21(18,12-14(15)4)27-16(22)6-2/h6,12,15,17-18H,2,5,7-11,13H2,1,3-4H3. The van der Waals surface area contributed by atoms with Gasteiger partial charge in [-0.25, -0.2) is 4.79 Å². The third-order valence-electron chi connectivity index (χ3n) is 5.43. The monoisotopic (exact) mass is 378 g/mol. The van der Waals surface area contributed by atoms with Gasteiger partial charge in [-0.15, -0.1) is 0 Å². The Morgan fingerprint density at radius 2 is 1.93 bits per heavy atom. The molecule has 150 valence electrons. The fraction of sp³-hybridized carbons (Fsp3) is 0.667. The summed E-state index contributed by atoms with van der Waals surface area (Å²) in [5.74, 6) is -3.35. The van der Waals surface area contributed by atoms with Crippen LogP contribution >= 0.6 is 0 Å². The lowest BCUT2D eigenvalue weighted by atomic mass is 9.78. The summed E-state index contributed by atoms with van der Waals surface area (Å²) in [5, 5.41) is 0. The molecule has 0 aliphatic heterocycles. The molecule has 0 heterocycles. The van der Waals surface area contributed by atoms with Crippen molar-refractivity contribution in [3.8, 4) is 0 Å². The van der Waals surface area contributed by atoms with E-state index in [9.17, 15) is 14.4 Å². The van der Waals surface area contributed by atoms with Crippen LogP contribution in [0.3, 0.4) is 0 Å². The zero-order valence-electron chi connectivity index (χ0n) is 16.5. The van der Waals surface area contributed by atoms with Gasteiger partial charge in [0, 0.05) is 6.08 Å². The molecule has 2 rings (SSSR count). The number of hydrogen-bond donors (Lipinski definition) is 0. The Morgan fingerprint density at radius 1 is 1.19 bits per heavy atom. The highest BCUT2D eigenvalue weighted by Gasteiger charge is 2.65. The number of hydrogen-bond acceptors (Lipinski definition) is 6. The fourth-order valence-electron chi connectivity index (χ4n) is 4.26. The molecule has 4 unspecified atom stereocenters. The fourth-order valence-corrected chi connectivity index (χ4v) is 4.26. The molecule has 27 heavy (non-hydrogen) atoms. The van der Waals surface area contributed by atoms with Crippen molar-refractivity contribution in [2.45, 2.75) is 58.5 Å². The van der Waals surface area contributed by atoms with E-state index in [1.165, 1.54) is 0 Å². The molecule has 1 saturated carbocycles. The van der Waals surface area contributed by atoms with Crippen LogP contribution in [0.2, 0.25) is 0 Å². The molecule has 1 fully saturated rings. The van der Waals surface area contributed by atoms with Crippen molar-refractivity contribution < 1.29 is 28.6 Å². The zero-order chi connectivity index (χ0) is 20.0. The van der Waals surface area contributed by atoms with Crippen molar-refractivity contribution in [3.63, 3.8) is 0 Å². The average Bonchev–Trinajstić information content (AvgIpc) is 3.12. The van der Waals surface area contributed by atoms with Gasteiger partial charge in [0.05, 0.1) is 19.1 Å². The summed E-state index contributed by atoms with van der Waals surface area (Å²) in [6.07, 6.45) is 7.17. The number of ether oxygens (including phenoxy) is 3. The van der Waals surface area contributed by atoms with Gasteiger partial charge in [-0.2, -0.15) is 0 Å². The molecule has 0 amide bonds. The van der Waals surface area contributed by atoms with Gasteiger partial charge in [0.1, 0.15) is 11.5 Å². The Bertz CT molecular complexity index is 622. The molecule has 0 radical (unpaired) electrons. The molecule has 4 atom stereocenters. The van der Waals surface area contributed by atoms with Crippen molar-refractivity contribution in [2.75, 3.05) is 13.2 Å². The molecular formula is C21H30O6. The third kappa shape index (κ3) is 4.42. The van der Waals surface area contributed by atoms with Crippen molar-refractivity contribution in [1.29, 1.82) is 0 Å². The Kier molecular flexibility index (Phi) is 7.22. The first-order valence-electron chi connectivity index (χ1n) is 9.78. The normalized spacial score (nSPS) is 28.4. The van der Waals surface area contributed by atoms with Crippen LogP contribution in [-0.4, -0.2) is 36.7 Å². The predicted octanol–water partition coefficient (Wildman–Crippen LogP) is 3.35. The number of rotatable bonds is 10. The molecule has 0 aromatic carbocycles. The Labute approximate surface area is 160 Å². The SMILES string of the molecule is C=CC(=O)OC12C=C(C)C(C1)C(C(=O)OCC)C2C(=O)OCCCCCC. The molecular weight excluding hydrogens is 348 g/mol. The van der Waals surface area contributed by atoms with Crippen LogP contribution in [0.4, 0.5) is 0 Å². The van der Waals surface area contributed by atoms with Crippen LogP contribution in [0.25, 0.3) is 0 Å². The molecule has 0 saturated heterocycles. The Balaban J connectivity index is 2.23. The van der Waals surface area contributed by atoms with E-state index in [0.717, 1.165) is 37.3 Å². The van der Waals surface area contributed by atoms with E-state index in [1.807, 2.05) is 6.92 Å². The van der Waals surface area contributed by atoms with Crippen LogP contribution in [-0.2, 0) is 28.6 Å². The zero-order valence-corrected chi connectivity index (χ0v) is 16.5. The molecule has 6 heteroatoms. The minimum Gasteiger partial charge on any atom is -0.466 e. The summed E-state index contributed by atoms with van der Waals surface area (Å²) in [6, 6.07) is 0. The molecule has 2 aliphatic rings. The van der Waals surface area contributed by atoms with Gasteiger partial charge >= 0.3 is 17.9 Å². The van der Waals surface area contributed by atoms with Gasteiger partial charge in [0.2, 0.25) is 0 Å². The minimum atomic E-state index is -1.17. The lowest BCUT2D eigenvalue weighted by molar-refractivity contribution is -0.172. The molecule has 2 bridgehead atoms. The number of allylic oxidation sites excluding steroid dienone is 1. The highest BCUT2D eigenvalue weighted by molar-refractivity contribution is 5.88. The lowest BCUT2D eigenvalue weighted by Crippen LogP contribution is -2.47. The van der Waals surface area contributed by atoms with E-state index in [4.69, 9.17) is 14.2 Å². The highest BCUT2D eigenvalue weighted by atomic mass is 16.6. The van der Waals surface area contributed by atoms with E-state index in [0.29, 0.717) is 13.0 Å². The summed E-state index contributed by atoms with van der Waals surface area (Å²) in [6.45, 7) is 9.66. The van der Waals surface area contributed by atoms with Gasteiger partial charge in [0.15, 0.2) is 0 Å². The third-order valence-corrected chi connectivity index (χ3v) is 5.43. The largest absolute Gasteiger partial charge is 0.466 e. The van der Waals surface area contributed by atoms with Crippen LogP contribution in [0.5, 0.6) is 0 Å². The second-order valence-corrected chi connectivity index (χ2v) is 7.26. The first-order valence-corrected chi connectivity index (χ1v) is 9.78. The van der Waals surface area contributed by atoms with Gasteiger partial charge in [-0.1, -0.05) is 38.3 Å². The number of carbonyl (C=O) groups is 3. The number of fused-ring (bicyclic) bond motifs is 2. The molecule has 0 aromatic heterocycles. The number of esters is 3. The summed E-state index contributed by atoms with van der Waals surface area (Å²) in [4.78, 5) is 37.4. The van der Waals surface area contributed by atoms with Gasteiger partial charge in [-0.3, -0.25) is 9.59 Å². The second-order valence-electron chi connectivity index (χ2n) is 7.26. The molecule has 0 spiro atoms. The Morgan fingerprint density at radius 3 is 2.56 bits per heavy atom. The topological polar surface area (TPSA) is 78.9 Å². The van der Waals surface area contributed by atoms with Crippen LogP contribution in [0.1, 0.15) is 52.9 Å². The summed E-state index contributed by atoms with van der Waals surface area (Å²) >= 11 is 0. The maximum Gasteiger partial charge on any atom is 0.331 e. The van der Waals surface area contributed by atoms with Crippen molar-refractivity contribution in [2.24, 2.45) is 17.8 Å². The summed E-state index contributed by atoms with van der Waals surface area (Å²) in [7, 11) is 0. The first-order chi connectivity index (χ1) is 12.9. The van der Waals surface area contributed by atoms with Gasteiger partial charge < -0.3 is 14.2 Å². The molecule has 6 nitrogen and oxygen atoms in total. The maximum atomic E-state index is 12.9. The van der Waals surface area contributed by atoms with E-state index in [-0.39, 0.29) is 12.5 Å². The van der Waals surface area contributed by atoms with Crippen LogP contribution < -0.4 is 0 Å². The smallest absolute Gasteiger partial charge is 0.331 e. The minimum absolute atomic E-state index is 0.195. The predicted molar refractivity (Wildman–Crippen MR) is 99.6 cm³/mol. The quantitative estimate of drug-likeness (QED) is 0.191. The maximum absolute atomic E-state index is 12.9. The van der Waals surface area contributed by atoms with E-state index >= 15 is 0 Å². The van der Waals surface area contributed by atoms with Crippen molar-refractivity contribution in [3.05, 3.63) is 24.3 Å². The van der Waals surface area contributed by atoms with Gasteiger partial charge in [0.25, 0.3) is 0 Å². The average molecular weight is 378 g/mol. The van der Waals surface area contributed by atoms with Gasteiger partial charge in [-0.05, 0) is 38.7 Å². The highest BCUT2D eigenvalue weighted by Crippen LogP contribution is 2.56. The number of carbonyl (C=O) groups excluding carboxylic acids is 3. The van der Waals surface area contributed by atoms with E-state index < -0.39 is 35.3 Å². The van der Waals surface area contributed by atoms with E-state index in [2.05, 4.69) is 13.5 Å². The molecule has 2 aliphatic carbocycles. The Hall–Kier alpha value is -2.11. The number of unbranched alkanes of at least 4 members (excludes halogenated alkanes) is 3. The van der Waals surface area contributed by atoms with Crippen molar-refractivity contribution >= 4 is 17.9 Å². The summed E-state index contributed by atoms with van der Waals surface area (Å²) < 4.78 is 16.3. The molecule has 0 aromatic rings. The first kappa shape index (κ1) is 21.2. The second kappa shape index (κ2) is 9.20. The molecule has 0 N–H and O–H groups in total. The van der Waals surface area contributed by atoms with Crippen LogP contribution in [0.15, 0.2) is 24.3 Å². The van der Waals surface area contributed by atoms with Crippen LogP contribution in [0, 0.1) is 17.8 Å². The lowest BCUT2D eigenvalue weighted by Gasteiger charge is -2.34.